The lowest BCUT2D eigenvalue weighted by Gasteiger charge is -2.30. The Balaban J connectivity index is 2.25. The molecule has 0 bridgehead atoms. The number of carbonyl (C=O) groups is 1. The fourth-order valence-corrected chi connectivity index (χ4v) is 4.48. The molecule has 1 amide bonds. The molecule has 0 aromatic heterocycles. The first-order chi connectivity index (χ1) is 9.80. The molecule has 1 aromatic rings. The van der Waals surface area contributed by atoms with E-state index >= 15 is 0 Å². The van der Waals surface area contributed by atoms with E-state index < -0.39 is 9.84 Å². The van der Waals surface area contributed by atoms with E-state index in [0.29, 0.717) is 18.0 Å². The SMILES string of the molecule is CC(C)C(=O)N(Cc1ccccc1Cl)C1CCS(=O)(=O)C1. The second-order valence-corrected chi connectivity index (χ2v) is 8.41. The summed E-state index contributed by atoms with van der Waals surface area (Å²) in [6.45, 7) is 4.01. The minimum absolute atomic E-state index is 0.0305. The quantitative estimate of drug-likeness (QED) is 0.853. The van der Waals surface area contributed by atoms with Gasteiger partial charge in [-0.25, -0.2) is 8.42 Å². The van der Waals surface area contributed by atoms with E-state index in [9.17, 15) is 13.2 Å². The molecule has 21 heavy (non-hydrogen) atoms. The number of hydrogen-bond acceptors (Lipinski definition) is 3. The summed E-state index contributed by atoms with van der Waals surface area (Å²) in [6, 6.07) is 7.10. The number of sulfone groups is 1. The summed E-state index contributed by atoms with van der Waals surface area (Å²) < 4.78 is 23.4. The Morgan fingerprint density at radius 2 is 2.05 bits per heavy atom. The van der Waals surface area contributed by atoms with Gasteiger partial charge in [-0.2, -0.15) is 0 Å². The van der Waals surface area contributed by atoms with Gasteiger partial charge in [0, 0.05) is 23.5 Å². The van der Waals surface area contributed by atoms with Gasteiger partial charge in [0.25, 0.3) is 0 Å². The van der Waals surface area contributed by atoms with E-state index in [1.165, 1.54) is 0 Å². The van der Waals surface area contributed by atoms with Crippen molar-refractivity contribution in [3.05, 3.63) is 34.9 Å². The molecule has 1 atom stereocenters. The molecular formula is C15H20ClNO3S. The van der Waals surface area contributed by atoms with Crippen molar-refractivity contribution in [3.63, 3.8) is 0 Å². The van der Waals surface area contributed by atoms with Gasteiger partial charge in [0.1, 0.15) is 0 Å². The Morgan fingerprint density at radius 3 is 2.57 bits per heavy atom. The van der Waals surface area contributed by atoms with E-state index in [1.807, 2.05) is 32.0 Å². The summed E-state index contributed by atoms with van der Waals surface area (Å²) in [6.07, 6.45) is 0.505. The van der Waals surface area contributed by atoms with Crippen LogP contribution in [0.2, 0.25) is 5.02 Å². The lowest BCUT2D eigenvalue weighted by molar-refractivity contribution is -0.137. The number of nitrogens with zero attached hydrogens (tertiary/aromatic N) is 1. The van der Waals surface area contributed by atoms with E-state index in [-0.39, 0.29) is 29.4 Å². The first kappa shape index (κ1) is 16.3. The zero-order valence-electron chi connectivity index (χ0n) is 12.3. The van der Waals surface area contributed by atoms with Crippen molar-refractivity contribution in [2.75, 3.05) is 11.5 Å². The number of hydrogen-bond donors (Lipinski definition) is 0. The highest BCUT2D eigenvalue weighted by molar-refractivity contribution is 7.91. The molecule has 116 valence electrons. The highest BCUT2D eigenvalue weighted by Crippen LogP contribution is 2.24. The molecule has 1 aliphatic heterocycles. The minimum Gasteiger partial charge on any atom is -0.334 e. The van der Waals surface area contributed by atoms with Gasteiger partial charge in [0.05, 0.1) is 11.5 Å². The van der Waals surface area contributed by atoms with Crippen LogP contribution in [0.4, 0.5) is 0 Å². The van der Waals surface area contributed by atoms with Crippen LogP contribution in [0.1, 0.15) is 25.8 Å². The van der Waals surface area contributed by atoms with Crippen molar-refractivity contribution in [3.8, 4) is 0 Å². The third-order valence-corrected chi connectivity index (χ3v) is 5.84. The standard InChI is InChI=1S/C15H20ClNO3S/c1-11(2)15(18)17(13-7-8-21(19,20)10-13)9-12-5-3-4-6-14(12)16/h3-6,11,13H,7-10H2,1-2H3. The van der Waals surface area contributed by atoms with Crippen LogP contribution in [0.15, 0.2) is 24.3 Å². The summed E-state index contributed by atoms with van der Waals surface area (Å²) in [4.78, 5) is 14.1. The molecule has 0 N–H and O–H groups in total. The topological polar surface area (TPSA) is 54.5 Å². The Labute approximate surface area is 131 Å². The summed E-state index contributed by atoms with van der Waals surface area (Å²) in [7, 11) is -3.03. The van der Waals surface area contributed by atoms with Gasteiger partial charge >= 0.3 is 0 Å². The highest BCUT2D eigenvalue weighted by atomic mass is 35.5. The van der Waals surface area contributed by atoms with Crippen LogP contribution < -0.4 is 0 Å². The van der Waals surface area contributed by atoms with Gasteiger partial charge in [-0.15, -0.1) is 0 Å². The van der Waals surface area contributed by atoms with Crippen molar-refractivity contribution in [2.45, 2.75) is 32.9 Å². The Bertz CT molecular complexity index is 628. The largest absolute Gasteiger partial charge is 0.334 e. The predicted octanol–water partition coefficient (Wildman–Crippen LogP) is 2.51. The average molecular weight is 330 g/mol. The average Bonchev–Trinajstić information content (AvgIpc) is 2.77. The first-order valence-corrected chi connectivity index (χ1v) is 9.24. The van der Waals surface area contributed by atoms with Crippen LogP contribution in [0.5, 0.6) is 0 Å². The van der Waals surface area contributed by atoms with Gasteiger partial charge in [-0.1, -0.05) is 43.6 Å². The molecule has 0 radical (unpaired) electrons. The lowest BCUT2D eigenvalue weighted by Crippen LogP contribution is -2.42. The number of carbonyl (C=O) groups excluding carboxylic acids is 1. The maximum Gasteiger partial charge on any atom is 0.225 e. The number of benzene rings is 1. The van der Waals surface area contributed by atoms with Crippen LogP contribution in [0.25, 0.3) is 0 Å². The highest BCUT2D eigenvalue weighted by Gasteiger charge is 2.35. The molecule has 1 fully saturated rings. The monoisotopic (exact) mass is 329 g/mol. The predicted molar refractivity (Wildman–Crippen MR) is 83.9 cm³/mol. The molecule has 0 spiro atoms. The molecule has 6 heteroatoms. The molecular weight excluding hydrogens is 310 g/mol. The summed E-state index contributed by atoms with van der Waals surface area (Å²) in [5, 5.41) is 0.597. The summed E-state index contributed by atoms with van der Waals surface area (Å²) in [5.74, 6) is 0.00523. The summed E-state index contributed by atoms with van der Waals surface area (Å²) >= 11 is 6.16. The van der Waals surface area contributed by atoms with Crippen molar-refractivity contribution < 1.29 is 13.2 Å². The van der Waals surface area contributed by atoms with Gasteiger partial charge in [0.2, 0.25) is 5.91 Å². The smallest absolute Gasteiger partial charge is 0.225 e. The van der Waals surface area contributed by atoms with Crippen molar-refractivity contribution in [2.24, 2.45) is 5.92 Å². The molecule has 1 aliphatic rings. The van der Waals surface area contributed by atoms with E-state index in [2.05, 4.69) is 0 Å². The number of rotatable bonds is 4. The molecule has 0 saturated carbocycles. The molecule has 1 unspecified atom stereocenters. The zero-order chi connectivity index (χ0) is 15.6. The van der Waals surface area contributed by atoms with Crippen LogP contribution >= 0.6 is 11.6 Å². The summed E-state index contributed by atoms with van der Waals surface area (Å²) in [5.41, 5.74) is 0.845. The van der Waals surface area contributed by atoms with Gasteiger partial charge in [-0.05, 0) is 18.1 Å². The van der Waals surface area contributed by atoms with Crippen LogP contribution in [-0.4, -0.2) is 36.8 Å². The molecule has 1 heterocycles. The maximum absolute atomic E-state index is 12.4. The molecule has 1 saturated heterocycles. The second kappa shape index (κ2) is 6.36. The third-order valence-electron chi connectivity index (χ3n) is 3.72. The molecule has 1 aromatic carbocycles. The minimum atomic E-state index is -3.03. The van der Waals surface area contributed by atoms with Crippen molar-refractivity contribution in [1.82, 2.24) is 4.90 Å². The molecule has 0 aliphatic carbocycles. The van der Waals surface area contributed by atoms with Gasteiger partial charge < -0.3 is 4.90 Å². The first-order valence-electron chi connectivity index (χ1n) is 7.04. The molecule has 2 rings (SSSR count). The van der Waals surface area contributed by atoms with Crippen molar-refractivity contribution >= 4 is 27.3 Å². The third kappa shape index (κ3) is 3.98. The Morgan fingerprint density at radius 1 is 1.38 bits per heavy atom. The fourth-order valence-electron chi connectivity index (χ4n) is 2.55. The zero-order valence-corrected chi connectivity index (χ0v) is 13.8. The van der Waals surface area contributed by atoms with E-state index in [4.69, 9.17) is 11.6 Å². The van der Waals surface area contributed by atoms with Crippen molar-refractivity contribution in [1.29, 1.82) is 0 Å². The Kier molecular flexibility index (Phi) is 4.94. The van der Waals surface area contributed by atoms with E-state index in [1.54, 1.807) is 11.0 Å². The van der Waals surface area contributed by atoms with E-state index in [0.717, 1.165) is 5.56 Å². The normalized spacial score (nSPS) is 20.7. The molecule has 4 nitrogen and oxygen atoms in total. The number of halogens is 1. The van der Waals surface area contributed by atoms with Gasteiger partial charge in [0.15, 0.2) is 9.84 Å². The van der Waals surface area contributed by atoms with Crippen LogP contribution in [0, 0.1) is 5.92 Å². The fraction of sp³-hybridized carbons (Fsp3) is 0.533. The van der Waals surface area contributed by atoms with Crippen LogP contribution in [0.3, 0.4) is 0 Å². The maximum atomic E-state index is 12.4. The Hall–Kier alpha value is -1.07. The van der Waals surface area contributed by atoms with Crippen LogP contribution in [-0.2, 0) is 21.2 Å². The lowest BCUT2D eigenvalue weighted by atomic mass is 10.1. The second-order valence-electron chi connectivity index (χ2n) is 5.77. The number of amides is 1. The van der Waals surface area contributed by atoms with Gasteiger partial charge in [-0.3, -0.25) is 4.79 Å².